The lowest BCUT2D eigenvalue weighted by atomic mass is 9.98. The second-order valence-corrected chi connectivity index (χ2v) is 3.75. The SMILES string of the molecule is O=[C]c1ccccc1C(=O)c1ccccc1[N+](=O)[O-]. The minimum atomic E-state index is -0.625. The predicted octanol–water partition coefficient (Wildman–Crippen LogP) is 2.28. The van der Waals surface area contributed by atoms with Crippen molar-refractivity contribution in [3.8, 4) is 0 Å². The van der Waals surface area contributed by atoms with E-state index in [0.29, 0.717) is 0 Å². The number of hydrogen-bond donors (Lipinski definition) is 0. The van der Waals surface area contributed by atoms with Crippen molar-refractivity contribution in [3.63, 3.8) is 0 Å². The number of nitro benzene ring substituents is 1. The summed E-state index contributed by atoms with van der Waals surface area (Å²) in [5.74, 6) is -0.564. The molecule has 0 aliphatic heterocycles. The summed E-state index contributed by atoms with van der Waals surface area (Å²) in [4.78, 5) is 33.3. The van der Waals surface area contributed by atoms with Crippen LogP contribution in [0.4, 0.5) is 5.69 Å². The van der Waals surface area contributed by atoms with Gasteiger partial charge in [-0.05, 0) is 6.07 Å². The minimum absolute atomic E-state index is 0.0461. The molecule has 2 aromatic rings. The van der Waals surface area contributed by atoms with E-state index < -0.39 is 10.7 Å². The third-order valence-electron chi connectivity index (χ3n) is 2.63. The molecule has 0 aromatic heterocycles. The molecule has 2 aromatic carbocycles. The molecule has 0 spiro atoms. The first-order chi connectivity index (χ1) is 9.15. The molecule has 93 valence electrons. The lowest BCUT2D eigenvalue weighted by molar-refractivity contribution is -0.385. The average Bonchev–Trinajstić information content (AvgIpc) is 2.46. The maximum absolute atomic E-state index is 12.3. The van der Waals surface area contributed by atoms with Crippen molar-refractivity contribution in [1.29, 1.82) is 0 Å². The lowest BCUT2D eigenvalue weighted by Crippen LogP contribution is -2.07. The quantitative estimate of drug-likeness (QED) is 0.476. The van der Waals surface area contributed by atoms with Crippen LogP contribution in [0.2, 0.25) is 0 Å². The maximum Gasteiger partial charge on any atom is 0.280 e. The molecule has 0 N–H and O–H groups in total. The Morgan fingerprint density at radius 3 is 2.21 bits per heavy atom. The Morgan fingerprint density at radius 2 is 1.58 bits per heavy atom. The van der Waals surface area contributed by atoms with Gasteiger partial charge in [0.25, 0.3) is 5.69 Å². The van der Waals surface area contributed by atoms with Crippen molar-refractivity contribution in [2.45, 2.75) is 0 Å². The summed E-state index contributed by atoms with van der Waals surface area (Å²) in [6.07, 6.45) is 1.65. The molecule has 5 nitrogen and oxygen atoms in total. The zero-order valence-corrected chi connectivity index (χ0v) is 9.70. The molecule has 0 unspecified atom stereocenters. The van der Waals surface area contributed by atoms with E-state index in [1.165, 1.54) is 36.4 Å². The van der Waals surface area contributed by atoms with Crippen LogP contribution in [-0.2, 0) is 4.79 Å². The van der Waals surface area contributed by atoms with Gasteiger partial charge in [-0.2, -0.15) is 0 Å². The zero-order chi connectivity index (χ0) is 13.8. The minimum Gasteiger partial charge on any atom is -0.288 e. The van der Waals surface area contributed by atoms with Crippen LogP contribution < -0.4 is 0 Å². The molecule has 0 aliphatic rings. The molecule has 0 saturated carbocycles. The second kappa shape index (κ2) is 5.22. The van der Waals surface area contributed by atoms with Crippen molar-refractivity contribution in [2.24, 2.45) is 0 Å². The van der Waals surface area contributed by atoms with Crippen molar-refractivity contribution < 1.29 is 14.5 Å². The molecule has 0 heterocycles. The molecular formula is C14H8NO4. The van der Waals surface area contributed by atoms with Gasteiger partial charge in [0.1, 0.15) is 5.56 Å². The number of benzene rings is 2. The Hall–Kier alpha value is -2.82. The summed E-state index contributed by atoms with van der Waals surface area (Å²) in [5.41, 5.74) is -0.138. The molecule has 0 amide bonds. The third-order valence-corrected chi connectivity index (χ3v) is 2.63. The van der Waals surface area contributed by atoms with Gasteiger partial charge in [-0.1, -0.05) is 36.4 Å². The Bertz CT molecular complexity index is 664. The van der Waals surface area contributed by atoms with E-state index in [2.05, 4.69) is 0 Å². The smallest absolute Gasteiger partial charge is 0.280 e. The van der Waals surface area contributed by atoms with E-state index >= 15 is 0 Å². The molecule has 19 heavy (non-hydrogen) atoms. The fourth-order valence-corrected chi connectivity index (χ4v) is 1.74. The van der Waals surface area contributed by atoms with E-state index in [1.807, 2.05) is 0 Å². The molecule has 5 heteroatoms. The van der Waals surface area contributed by atoms with Gasteiger partial charge in [-0.3, -0.25) is 19.7 Å². The first-order valence-corrected chi connectivity index (χ1v) is 5.40. The highest BCUT2D eigenvalue weighted by atomic mass is 16.6. The summed E-state index contributed by atoms with van der Waals surface area (Å²) in [6.45, 7) is 0. The molecule has 0 bridgehead atoms. The number of nitro groups is 1. The van der Waals surface area contributed by atoms with Crippen LogP contribution in [0.15, 0.2) is 48.5 Å². The van der Waals surface area contributed by atoms with Gasteiger partial charge in [0.05, 0.1) is 4.92 Å². The van der Waals surface area contributed by atoms with Gasteiger partial charge in [0.15, 0.2) is 0 Å². The fourth-order valence-electron chi connectivity index (χ4n) is 1.74. The van der Waals surface area contributed by atoms with Gasteiger partial charge in [-0.25, -0.2) is 0 Å². The fraction of sp³-hybridized carbons (Fsp3) is 0. The normalized spacial score (nSPS) is 9.89. The molecule has 0 fully saturated rings. The molecular weight excluding hydrogens is 246 g/mol. The average molecular weight is 254 g/mol. The van der Waals surface area contributed by atoms with Gasteiger partial charge in [-0.15, -0.1) is 0 Å². The number of nitrogens with zero attached hydrogens (tertiary/aromatic N) is 1. The predicted molar refractivity (Wildman–Crippen MR) is 67.8 cm³/mol. The van der Waals surface area contributed by atoms with Crippen molar-refractivity contribution in [3.05, 3.63) is 75.3 Å². The Morgan fingerprint density at radius 1 is 1.00 bits per heavy atom. The van der Waals surface area contributed by atoms with E-state index in [0.717, 1.165) is 0 Å². The highest BCUT2D eigenvalue weighted by Crippen LogP contribution is 2.22. The van der Waals surface area contributed by atoms with Gasteiger partial charge >= 0.3 is 0 Å². The highest BCUT2D eigenvalue weighted by molar-refractivity contribution is 6.14. The Balaban J connectivity index is 2.57. The summed E-state index contributed by atoms with van der Waals surface area (Å²) in [5, 5.41) is 10.9. The Labute approximate surface area is 108 Å². The van der Waals surface area contributed by atoms with Crippen LogP contribution in [0, 0.1) is 10.1 Å². The standard InChI is InChI=1S/C14H8NO4/c16-9-10-5-1-2-6-11(10)14(17)12-7-3-4-8-13(12)15(18)19/h1-8H. The topological polar surface area (TPSA) is 77.3 Å². The van der Waals surface area contributed by atoms with Crippen LogP contribution in [0.3, 0.4) is 0 Å². The zero-order valence-electron chi connectivity index (χ0n) is 9.70. The maximum atomic E-state index is 12.3. The Kier molecular flexibility index (Phi) is 3.47. The number of hydrogen-bond acceptors (Lipinski definition) is 4. The van der Waals surface area contributed by atoms with Gasteiger partial charge < -0.3 is 0 Å². The number of para-hydroxylation sites is 1. The highest BCUT2D eigenvalue weighted by Gasteiger charge is 2.22. The van der Waals surface area contributed by atoms with E-state index in [4.69, 9.17) is 0 Å². The lowest BCUT2D eigenvalue weighted by Gasteiger charge is -2.04. The number of rotatable bonds is 4. The van der Waals surface area contributed by atoms with E-state index in [1.54, 1.807) is 18.4 Å². The monoisotopic (exact) mass is 254 g/mol. The van der Waals surface area contributed by atoms with Crippen LogP contribution in [0.25, 0.3) is 0 Å². The van der Waals surface area contributed by atoms with Gasteiger partial charge in [0, 0.05) is 17.2 Å². The largest absolute Gasteiger partial charge is 0.288 e. The summed E-state index contributed by atoms with van der Waals surface area (Å²) < 4.78 is 0. The summed E-state index contributed by atoms with van der Waals surface area (Å²) in [7, 11) is 0. The van der Waals surface area contributed by atoms with Crippen molar-refractivity contribution in [1.82, 2.24) is 0 Å². The van der Waals surface area contributed by atoms with Crippen LogP contribution in [0.1, 0.15) is 21.5 Å². The van der Waals surface area contributed by atoms with Crippen LogP contribution in [-0.4, -0.2) is 17.0 Å². The number of ketones is 1. The molecule has 0 saturated heterocycles. The number of carbonyl (C=O) groups is 1. The van der Waals surface area contributed by atoms with E-state index in [-0.39, 0.29) is 22.4 Å². The summed E-state index contributed by atoms with van der Waals surface area (Å²) >= 11 is 0. The first-order valence-electron chi connectivity index (χ1n) is 5.40. The molecule has 2 rings (SSSR count). The van der Waals surface area contributed by atoms with Crippen molar-refractivity contribution >= 4 is 17.8 Å². The third kappa shape index (κ3) is 2.40. The second-order valence-electron chi connectivity index (χ2n) is 3.75. The van der Waals surface area contributed by atoms with Crippen molar-refractivity contribution in [2.75, 3.05) is 0 Å². The van der Waals surface area contributed by atoms with Crippen LogP contribution >= 0.6 is 0 Å². The van der Waals surface area contributed by atoms with Crippen LogP contribution in [0.5, 0.6) is 0 Å². The van der Waals surface area contributed by atoms with E-state index in [9.17, 15) is 19.7 Å². The number of carbonyl (C=O) groups excluding carboxylic acids is 2. The van der Waals surface area contributed by atoms with Gasteiger partial charge in [0.2, 0.25) is 12.1 Å². The summed E-state index contributed by atoms with van der Waals surface area (Å²) in [6, 6.07) is 11.7. The molecule has 0 aliphatic carbocycles. The molecule has 0 atom stereocenters. The molecule has 1 radical (unpaired) electrons. The first kappa shape index (κ1) is 12.6.